The van der Waals surface area contributed by atoms with Crippen molar-refractivity contribution in [2.75, 3.05) is 0 Å². The standard InChI is InChI=1S/C24H42O4/c1-19(2)10-7-11-20(3)12-8-13-21(4)14-9-15-24(18-28-23(6)26)16-17-27-22(5)25/h16-21H,7-15H2,1-6H3/b17-16+,24-18+. The van der Waals surface area contributed by atoms with Gasteiger partial charge >= 0.3 is 11.9 Å². The highest BCUT2D eigenvalue weighted by atomic mass is 16.5. The summed E-state index contributed by atoms with van der Waals surface area (Å²) in [5.41, 5.74) is 0.849. The molecule has 0 aromatic carbocycles. The van der Waals surface area contributed by atoms with E-state index in [2.05, 4.69) is 27.7 Å². The SMILES string of the molecule is CC(=O)O/C=C/C(=C/OC(C)=O)CCCC(C)CCCC(C)CCCC(C)C. The first-order chi connectivity index (χ1) is 13.2. The van der Waals surface area contributed by atoms with E-state index in [4.69, 9.17) is 9.47 Å². The van der Waals surface area contributed by atoms with Crippen LogP contribution in [0.4, 0.5) is 0 Å². The van der Waals surface area contributed by atoms with Crippen molar-refractivity contribution in [3.05, 3.63) is 24.2 Å². The van der Waals surface area contributed by atoms with E-state index < -0.39 is 0 Å². The van der Waals surface area contributed by atoms with Gasteiger partial charge in [0.05, 0.1) is 12.5 Å². The zero-order chi connectivity index (χ0) is 21.4. The first-order valence-electron chi connectivity index (χ1n) is 10.9. The fraction of sp³-hybridized carbons (Fsp3) is 0.750. The van der Waals surface area contributed by atoms with Gasteiger partial charge in [0.2, 0.25) is 0 Å². The van der Waals surface area contributed by atoms with E-state index >= 15 is 0 Å². The average Bonchev–Trinajstić information content (AvgIpc) is 2.58. The van der Waals surface area contributed by atoms with Crippen LogP contribution in [-0.4, -0.2) is 11.9 Å². The van der Waals surface area contributed by atoms with Gasteiger partial charge in [0.1, 0.15) is 0 Å². The number of hydrogen-bond acceptors (Lipinski definition) is 4. The van der Waals surface area contributed by atoms with E-state index in [1.54, 1.807) is 6.08 Å². The fourth-order valence-corrected chi connectivity index (χ4v) is 3.19. The van der Waals surface area contributed by atoms with Crippen LogP contribution < -0.4 is 0 Å². The number of ether oxygens (including phenoxy) is 2. The Hall–Kier alpha value is -1.58. The Morgan fingerprint density at radius 1 is 0.750 bits per heavy atom. The molecule has 0 aliphatic heterocycles. The van der Waals surface area contributed by atoms with Crippen molar-refractivity contribution >= 4 is 11.9 Å². The maximum atomic E-state index is 11.0. The first kappa shape index (κ1) is 26.4. The second-order valence-corrected chi connectivity index (χ2v) is 8.57. The molecule has 0 aliphatic rings. The Kier molecular flexibility index (Phi) is 15.5. The van der Waals surface area contributed by atoms with Gasteiger partial charge in [0.15, 0.2) is 0 Å². The summed E-state index contributed by atoms with van der Waals surface area (Å²) in [4.78, 5) is 21.9. The van der Waals surface area contributed by atoms with Crippen molar-refractivity contribution in [1.29, 1.82) is 0 Å². The monoisotopic (exact) mass is 394 g/mol. The summed E-state index contributed by atoms with van der Waals surface area (Å²) < 4.78 is 9.79. The van der Waals surface area contributed by atoms with Gasteiger partial charge in [-0.05, 0) is 42.2 Å². The van der Waals surface area contributed by atoms with Crippen LogP contribution in [0.25, 0.3) is 0 Å². The third-order valence-electron chi connectivity index (χ3n) is 4.93. The molecule has 0 N–H and O–H groups in total. The third-order valence-corrected chi connectivity index (χ3v) is 4.93. The quantitative estimate of drug-likeness (QED) is 0.171. The largest absolute Gasteiger partial charge is 0.435 e. The molecule has 0 aromatic heterocycles. The van der Waals surface area contributed by atoms with Crippen LogP contribution in [0.2, 0.25) is 0 Å². The first-order valence-corrected chi connectivity index (χ1v) is 10.9. The molecule has 0 fully saturated rings. The molecular formula is C24H42O4. The molecule has 4 nitrogen and oxygen atoms in total. The number of carbonyl (C=O) groups is 2. The summed E-state index contributed by atoms with van der Waals surface area (Å²) in [7, 11) is 0. The van der Waals surface area contributed by atoms with Gasteiger partial charge in [0, 0.05) is 13.8 Å². The number of esters is 2. The fourth-order valence-electron chi connectivity index (χ4n) is 3.19. The lowest BCUT2D eigenvalue weighted by Gasteiger charge is -2.15. The van der Waals surface area contributed by atoms with Gasteiger partial charge in [-0.1, -0.05) is 72.6 Å². The van der Waals surface area contributed by atoms with Gasteiger partial charge in [-0.15, -0.1) is 0 Å². The Labute approximate surface area is 172 Å². The lowest BCUT2D eigenvalue weighted by molar-refractivity contribution is -0.136. The van der Waals surface area contributed by atoms with Gasteiger partial charge in [0.25, 0.3) is 0 Å². The van der Waals surface area contributed by atoms with Crippen LogP contribution in [0.5, 0.6) is 0 Å². The van der Waals surface area contributed by atoms with Crippen molar-refractivity contribution in [2.24, 2.45) is 17.8 Å². The summed E-state index contributed by atoms with van der Waals surface area (Å²) in [5.74, 6) is 1.62. The van der Waals surface area contributed by atoms with Gasteiger partial charge in [-0.3, -0.25) is 9.59 Å². The van der Waals surface area contributed by atoms with E-state index in [1.165, 1.54) is 64.9 Å². The summed E-state index contributed by atoms with van der Waals surface area (Å²) in [6, 6.07) is 0. The van der Waals surface area contributed by atoms with E-state index in [1.807, 2.05) is 0 Å². The highest BCUT2D eigenvalue weighted by molar-refractivity contribution is 5.67. The van der Waals surface area contributed by atoms with E-state index in [9.17, 15) is 9.59 Å². The molecular weight excluding hydrogens is 352 g/mol. The molecule has 0 aliphatic carbocycles. The van der Waals surface area contributed by atoms with E-state index in [-0.39, 0.29) is 11.9 Å². The van der Waals surface area contributed by atoms with Crippen LogP contribution in [0, 0.1) is 17.8 Å². The normalized spacial score (nSPS) is 14.3. The van der Waals surface area contributed by atoms with Gasteiger partial charge in [-0.25, -0.2) is 0 Å². The topological polar surface area (TPSA) is 52.6 Å². The molecule has 28 heavy (non-hydrogen) atoms. The predicted molar refractivity (Wildman–Crippen MR) is 115 cm³/mol. The smallest absolute Gasteiger partial charge is 0.307 e. The van der Waals surface area contributed by atoms with Crippen LogP contribution in [-0.2, 0) is 19.1 Å². The molecule has 0 saturated heterocycles. The molecule has 0 rings (SSSR count). The molecule has 0 amide bonds. The number of hydrogen-bond donors (Lipinski definition) is 0. The summed E-state index contributed by atoms with van der Waals surface area (Å²) in [6.07, 6.45) is 15.4. The third kappa shape index (κ3) is 17.8. The van der Waals surface area contributed by atoms with Gasteiger partial charge in [-0.2, -0.15) is 0 Å². The lowest BCUT2D eigenvalue weighted by atomic mass is 9.91. The van der Waals surface area contributed by atoms with Crippen molar-refractivity contribution in [3.63, 3.8) is 0 Å². The van der Waals surface area contributed by atoms with E-state index in [0.29, 0.717) is 5.92 Å². The molecule has 0 spiro atoms. The Bertz CT molecular complexity index is 491. The molecule has 2 unspecified atom stereocenters. The van der Waals surface area contributed by atoms with E-state index in [0.717, 1.165) is 36.7 Å². The van der Waals surface area contributed by atoms with Crippen molar-refractivity contribution in [3.8, 4) is 0 Å². The van der Waals surface area contributed by atoms with Crippen molar-refractivity contribution in [2.45, 2.75) is 99.3 Å². The van der Waals surface area contributed by atoms with Crippen molar-refractivity contribution in [1.82, 2.24) is 0 Å². The Morgan fingerprint density at radius 2 is 1.25 bits per heavy atom. The maximum Gasteiger partial charge on any atom is 0.307 e. The molecule has 0 bridgehead atoms. The Balaban J connectivity index is 4.10. The molecule has 0 aromatic rings. The number of rotatable bonds is 15. The number of carbonyl (C=O) groups excluding carboxylic acids is 2. The van der Waals surface area contributed by atoms with Crippen LogP contribution in [0.1, 0.15) is 99.3 Å². The average molecular weight is 395 g/mol. The minimum Gasteiger partial charge on any atom is -0.435 e. The second-order valence-electron chi connectivity index (χ2n) is 8.57. The zero-order valence-corrected chi connectivity index (χ0v) is 19.0. The highest BCUT2D eigenvalue weighted by Gasteiger charge is 2.07. The zero-order valence-electron chi connectivity index (χ0n) is 19.0. The number of allylic oxidation sites excluding steroid dienone is 2. The van der Waals surface area contributed by atoms with Crippen LogP contribution in [0.15, 0.2) is 24.2 Å². The summed E-state index contributed by atoms with van der Waals surface area (Å²) >= 11 is 0. The molecule has 2 atom stereocenters. The maximum absolute atomic E-state index is 11.0. The van der Waals surface area contributed by atoms with Crippen LogP contribution in [0.3, 0.4) is 0 Å². The van der Waals surface area contributed by atoms with Crippen molar-refractivity contribution < 1.29 is 19.1 Å². The molecule has 0 heterocycles. The lowest BCUT2D eigenvalue weighted by Crippen LogP contribution is -2.00. The Morgan fingerprint density at radius 3 is 1.75 bits per heavy atom. The van der Waals surface area contributed by atoms with Gasteiger partial charge < -0.3 is 9.47 Å². The minimum atomic E-state index is -0.366. The molecule has 0 radical (unpaired) electrons. The molecule has 0 saturated carbocycles. The summed E-state index contributed by atoms with van der Waals surface area (Å²) in [6.45, 7) is 12.0. The van der Waals surface area contributed by atoms with Crippen LogP contribution >= 0.6 is 0 Å². The minimum absolute atomic E-state index is 0.353. The summed E-state index contributed by atoms with van der Waals surface area (Å²) in [5, 5.41) is 0. The highest BCUT2D eigenvalue weighted by Crippen LogP contribution is 2.22. The molecule has 4 heteroatoms. The predicted octanol–water partition coefficient (Wildman–Crippen LogP) is 6.95. The second kappa shape index (κ2) is 16.4. The molecule has 162 valence electrons.